The molecular formula is C16H15ClN2O3. The third-order valence-corrected chi connectivity index (χ3v) is 3.47. The molecule has 0 aliphatic rings. The molecule has 0 bridgehead atoms. The van der Waals surface area contributed by atoms with E-state index in [0.29, 0.717) is 16.3 Å². The third kappa shape index (κ3) is 3.77. The summed E-state index contributed by atoms with van der Waals surface area (Å²) < 4.78 is 5.21. The van der Waals surface area contributed by atoms with Gasteiger partial charge in [0.05, 0.1) is 0 Å². The summed E-state index contributed by atoms with van der Waals surface area (Å²) in [6, 6.07) is 13.6. The van der Waals surface area contributed by atoms with Gasteiger partial charge in [0.2, 0.25) is 5.91 Å². The lowest BCUT2D eigenvalue weighted by Crippen LogP contribution is -2.27. The average molecular weight is 319 g/mol. The zero-order valence-electron chi connectivity index (χ0n) is 12.0. The Bertz CT molecular complexity index is 703. The Morgan fingerprint density at radius 3 is 2.59 bits per heavy atom. The van der Waals surface area contributed by atoms with Gasteiger partial charge in [-0.1, -0.05) is 35.9 Å². The Labute approximate surface area is 133 Å². The van der Waals surface area contributed by atoms with Gasteiger partial charge in [0, 0.05) is 28.9 Å². The molecule has 2 aromatic rings. The first-order valence-corrected chi connectivity index (χ1v) is 6.90. The van der Waals surface area contributed by atoms with Crippen LogP contribution in [0.15, 0.2) is 48.5 Å². The van der Waals surface area contributed by atoms with E-state index in [0.717, 1.165) is 5.56 Å². The number of nitrogens with zero attached hydrogens (tertiary/aromatic N) is 1. The van der Waals surface area contributed by atoms with Crippen molar-refractivity contribution in [3.63, 3.8) is 0 Å². The second kappa shape index (κ2) is 6.95. The molecule has 0 aliphatic carbocycles. The first-order valence-electron chi connectivity index (χ1n) is 6.53. The van der Waals surface area contributed by atoms with Crippen molar-refractivity contribution in [2.24, 2.45) is 5.73 Å². The van der Waals surface area contributed by atoms with Crippen molar-refractivity contribution >= 4 is 29.3 Å². The predicted octanol–water partition coefficient (Wildman–Crippen LogP) is 3.21. The number of rotatable bonds is 4. The Morgan fingerprint density at radius 1 is 1.18 bits per heavy atom. The van der Waals surface area contributed by atoms with E-state index in [2.05, 4.69) is 0 Å². The number of carbonyl (C=O) groups is 2. The standard InChI is InChI=1S/C16H15ClN2O3/c1-19(13-7-4-6-11(9-13)15(18)20)16(21)22-10-12-5-2-3-8-14(12)17/h2-9H,10H2,1H3,(H2,18,20). The van der Waals surface area contributed by atoms with E-state index in [4.69, 9.17) is 22.1 Å². The summed E-state index contributed by atoms with van der Waals surface area (Å²) >= 11 is 6.00. The Balaban J connectivity index is 2.05. The van der Waals surface area contributed by atoms with Crippen molar-refractivity contribution < 1.29 is 14.3 Å². The minimum Gasteiger partial charge on any atom is -0.444 e. The molecule has 0 fully saturated rings. The van der Waals surface area contributed by atoms with E-state index < -0.39 is 12.0 Å². The molecule has 114 valence electrons. The van der Waals surface area contributed by atoms with Gasteiger partial charge in [-0.3, -0.25) is 9.69 Å². The highest BCUT2D eigenvalue weighted by Crippen LogP contribution is 2.18. The van der Waals surface area contributed by atoms with Crippen LogP contribution in [-0.4, -0.2) is 19.0 Å². The number of primary amides is 1. The van der Waals surface area contributed by atoms with Crippen LogP contribution in [0.25, 0.3) is 0 Å². The lowest BCUT2D eigenvalue weighted by atomic mass is 10.2. The molecule has 0 radical (unpaired) electrons. The lowest BCUT2D eigenvalue weighted by molar-refractivity contribution is 0.1000. The van der Waals surface area contributed by atoms with Gasteiger partial charge in [0.15, 0.2) is 0 Å². The molecule has 0 unspecified atom stereocenters. The number of ether oxygens (including phenoxy) is 1. The van der Waals surface area contributed by atoms with Crippen LogP contribution in [-0.2, 0) is 11.3 Å². The maximum absolute atomic E-state index is 12.1. The third-order valence-electron chi connectivity index (χ3n) is 3.10. The van der Waals surface area contributed by atoms with E-state index in [1.165, 1.54) is 11.0 Å². The van der Waals surface area contributed by atoms with Gasteiger partial charge < -0.3 is 10.5 Å². The zero-order chi connectivity index (χ0) is 16.1. The molecule has 0 saturated heterocycles. The molecule has 6 heteroatoms. The highest BCUT2D eigenvalue weighted by atomic mass is 35.5. The Morgan fingerprint density at radius 2 is 1.91 bits per heavy atom. The van der Waals surface area contributed by atoms with Crippen molar-refractivity contribution in [1.29, 1.82) is 0 Å². The van der Waals surface area contributed by atoms with Crippen molar-refractivity contribution in [3.8, 4) is 0 Å². The first kappa shape index (κ1) is 15.9. The molecule has 0 heterocycles. The molecule has 5 nitrogen and oxygen atoms in total. The van der Waals surface area contributed by atoms with E-state index in [1.54, 1.807) is 43.4 Å². The van der Waals surface area contributed by atoms with Crippen LogP contribution in [0.3, 0.4) is 0 Å². The van der Waals surface area contributed by atoms with Gasteiger partial charge >= 0.3 is 6.09 Å². The second-order valence-electron chi connectivity index (χ2n) is 4.62. The fourth-order valence-corrected chi connectivity index (χ4v) is 2.02. The Hall–Kier alpha value is -2.53. The molecule has 0 saturated carbocycles. The van der Waals surface area contributed by atoms with E-state index >= 15 is 0 Å². The highest BCUT2D eigenvalue weighted by molar-refractivity contribution is 6.31. The fourth-order valence-electron chi connectivity index (χ4n) is 1.82. The number of amides is 2. The van der Waals surface area contributed by atoms with Crippen LogP contribution in [0.1, 0.15) is 15.9 Å². The van der Waals surface area contributed by atoms with Gasteiger partial charge in [-0.15, -0.1) is 0 Å². The SMILES string of the molecule is CN(C(=O)OCc1ccccc1Cl)c1cccc(C(N)=O)c1. The molecule has 22 heavy (non-hydrogen) atoms. The number of nitrogens with two attached hydrogens (primary N) is 1. The molecule has 2 N–H and O–H groups in total. The summed E-state index contributed by atoms with van der Waals surface area (Å²) in [5, 5.41) is 0.536. The van der Waals surface area contributed by atoms with Gasteiger partial charge in [0.25, 0.3) is 0 Å². The van der Waals surface area contributed by atoms with Gasteiger partial charge in [-0.2, -0.15) is 0 Å². The number of benzene rings is 2. The highest BCUT2D eigenvalue weighted by Gasteiger charge is 2.14. The van der Waals surface area contributed by atoms with E-state index in [9.17, 15) is 9.59 Å². The number of hydrogen-bond donors (Lipinski definition) is 1. The summed E-state index contributed by atoms with van der Waals surface area (Å²) in [5.41, 5.74) is 6.78. The zero-order valence-corrected chi connectivity index (χ0v) is 12.7. The molecule has 2 amide bonds. The summed E-state index contributed by atoms with van der Waals surface area (Å²) in [5.74, 6) is -0.556. The van der Waals surface area contributed by atoms with Gasteiger partial charge in [-0.05, 0) is 24.3 Å². The lowest BCUT2D eigenvalue weighted by Gasteiger charge is -2.17. The van der Waals surface area contributed by atoms with Gasteiger partial charge in [-0.25, -0.2) is 4.79 Å². The monoisotopic (exact) mass is 318 g/mol. The van der Waals surface area contributed by atoms with Crippen molar-refractivity contribution in [3.05, 3.63) is 64.7 Å². The first-order chi connectivity index (χ1) is 10.5. The van der Waals surface area contributed by atoms with Crippen LogP contribution in [0, 0.1) is 0 Å². The van der Waals surface area contributed by atoms with Crippen molar-refractivity contribution in [2.75, 3.05) is 11.9 Å². The molecule has 0 aromatic heterocycles. The maximum atomic E-state index is 12.1. The normalized spacial score (nSPS) is 10.1. The van der Waals surface area contributed by atoms with Gasteiger partial charge in [0.1, 0.15) is 6.61 Å². The topological polar surface area (TPSA) is 72.6 Å². The summed E-state index contributed by atoms with van der Waals surface area (Å²) in [6.45, 7) is 0.0678. The van der Waals surface area contributed by atoms with Crippen LogP contribution >= 0.6 is 11.6 Å². The number of carbonyl (C=O) groups excluding carboxylic acids is 2. The summed E-state index contributed by atoms with van der Waals surface area (Å²) in [7, 11) is 1.55. The van der Waals surface area contributed by atoms with Crippen LogP contribution < -0.4 is 10.6 Å². The minimum absolute atomic E-state index is 0.0678. The minimum atomic E-state index is -0.556. The van der Waals surface area contributed by atoms with Crippen molar-refractivity contribution in [2.45, 2.75) is 6.61 Å². The van der Waals surface area contributed by atoms with E-state index in [1.807, 2.05) is 6.07 Å². The molecular weight excluding hydrogens is 304 g/mol. The van der Waals surface area contributed by atoms with Crippen molar-refractivity contribution in [1.82, 2.24) is 0 Å². The fraction of sp³-hybridized carbons (Fsp3) is 0.125. The maximum Gasteiger partial charge on any atom is 0.414 e. The molecule has 0 atom stereocenters. The molecule has 2 rings (SSSR count). The molecule has 2 aromatic carbocycles. The second-order valence-corrected chi connectivity index (χ2v) is 5.03. The van der Waals surface area contributed by atoms with Crippen LogP contribution in [0.2, 0.25) is 5.02 Å². The number of hydrogen-bond acceptors (Lipinski definition) is 3. The quantitative estimate of drug-likeness (QED) is 0.940. The average Bonchev–Trinajstić information content (AvgIpc) is 2.53. The van der Waals surface area contributed by atoms with Crippen LogP contribution in [0.5, 0.6) is 0 Å². The number of anilines is 1. The smallest absolute Gasteiger partial charge is 0.414 e. The molecule has 0 aliphatic heterocycles. The predicted molar refractivity (Wildman–Crippen MR) is 85.0 cm³/mol. The largest absolute Gasteiger partial charge is 0.444 e. The Kier molecular flexibility index (Phi) is 5.01. The van der Waals surface area contributed by atoms with Crippen LogP contribution in [0.4, 0.5) is 10.5 Å². The number of halogens is 1. The summed E-state index contributed by atoms with van der Waals surface area (Å²) in [6.07, 6.45) is -0.554. The van der Waals surface area contributed by atoms with E-state index in [-0.39, 0.29) is 6.61 Å². The molecule has 0 spiro atoms. The summed E-state index contributed by atoms with van der Waals surface area (Å²) in [4.78, 5) is 24.5.